The molecule has 2 aliphatic carbocycles. The molecule has 1 aromatic rings. The van der Waals surface area contributed by atoms with Crippen molar-refractivity contribution in [3.05, 3.63) is 22.7 Å². The van der Waals surface area contributed by atoms with Crippen LogP contribution in [0.25, 0.3) is 0 Å². The highest BCUT2D eigenvalue weighted by Crippen LogP contribution is 2.33. The van der Waals surface area contributed by atoms with Gasteiger partial charge in [0.05, 0.1) is 0 Å². The van der Waals surface area contributed by atoms with Gasteiger partial charge in [-0.15, -0.1) is 0 Å². The third kappa shape index (κ3) is 2.66. The van der Waals surface area contributed by atoms with E-state index in [1.807, 2.05) is 4.57 Å². The summed E-state index contributed by atoms with van der Waals surface area (Å²) in [6, 6.07) is 0.402. The average Bonchev–Trinajstić information content (AvgIpc) is 3.16. The van der Waals surface area contributed by atoms with Crippen LogP contribution in [0, 0.1) is 11.8 Å². The van der Waals surface area contributed by atoms with Crippen LogP contribution >= 0.6 is 0 Å². The first-order valence-electron chi connectivity index (χ1n) is 7.30. The SMILES string of the molecule is NCC1CCCC1CNc1nccn(C2CC2)c1=O. The molecular formula is C14H22N4O. The second-order valence-corrected chi connectivity index (χ2v) is 5.79. The van der Waals surface area contributed by atoms with E-state index in [1.54, 1.807) is 12.4 Å². The van der Waals surface area contributed by atoms with Crippen molar-refractivity contribution in [2.24, 2.45) is 17.6 Å². The molecule has 0 saturated heterocycles. The Kier molecular flexibility index (Phi) is 3.55. The quantitative estimate of drug-likeness (QED) is 0.840. The predicted molar refractivity (Wildman–Crippen MR) is 75.1 cm³/mol. The predicted octanol–water partition coefficient (Wildman–Crippen LogP) is 1.37. The second-order valence-electron chi connectivity index (χ2n) is 5.79. The van der Waals surface area contributed by atoms with Crippen molar-refractivity contribution in [2.45, 2.75) is 38.1 Å². The lowest BCUT2D eigenvalue weighted by Gasteiger charge is -2.18. The summed E-state index contributed by atoms with van der Waals surface area (Å²) in [7, 11) is 0. The van der Waals surface area contributed by atoms with Gasteiger partial charge in [0.25, 0.3) is 5.56 Å². The summed E-state index contributed by atoms with van der Waals surface area (Å²) in [5.74, 6) is 1.68. The topological polar surface area (TPSA) is 72.9 Å². The molecule has 2 fully saturated rings. The number of nitrogens with two attached hydrogens (primary N) is 1. The Hall–Kier alpha value is -1.36. The van der Waals surface area contributed by atoms with Gasteiger partial charge < -0.3 is 15.6 Å². The van der Waals surface area contributed by atoms with E-state index in [0.29, 0.717) is 23.7 Å². The fourth-order valence-corrected chi connectivity index (χ4v) is 3.11. The fraction of sp³-hybridized carbons (Fsp3) is 0.714. The molecule has 1 heterocycles. The highest BCUT2D eigenvalue weighted by atomic mass is 16.1. The summed E-state index contributed by atoms with van der Waals surface area (Å²) < 4.78 is 1.81. The first kappa shape index (κ1) is 12.7. The van der Waals surface area contributed by atoms with Crippen molar-refractivity contribution in [1.29, 1.82) is 0 Å². The minimum atomic E-state index is 0.0206. The van der Waals surface area contributed by atoms with Crippen molar-refractivity contribution in [3.63, 3.8) is 0 Å². The molecule has 0 aliphatic heterocycles. The fourth-order valence-electron chi connectivity index (χ4n) is 3.11. The number of rotatable bonds is 5. The summed E-state index contributed by atoms with van der Waals surface area (Å²) in [5.41, 5.74) is 5.81. The molecule has 2 saturated carbocycles. The van der Waals surface area contributed by atoms with Crippen LogP contribution in [0.4, 0.5) is 5.82 Å². The Morgan fingerprint density at radius 2 is 2.11 bits per heavy atom. The van der Waals surface area contributed by atoms with Crippen molar-refractivity contribution in [2.75, 3.05) is 18.4 Å². The van der Waals surface area contributed by atoms with Crippen LogP contribution < -0.4 is 16.6 Å². The van der Waals surface area contributed by atoms with Crippen LogP contribution in [0.2, 0.25) is 0 Å². The molecule has 2 unspecified atom stereocenters. The average molecular weight is 262 g/mol. The molecule has 2 atom stereocenters. The van der Waals surface area contributed by atoms with Gasteiger partial charge in [0.2, 0.25) is 0 Å². The Bertz CT molecular complexity index is 494. The smallest absolute Gasteiger partial charge is 0.293 e. The zero-order valence-electron chi connectivity index (χ0n) is 11.2. The maximum atomic E-state index is 12.2. The second kappa shape index (κ2) is 5.33. The molecule has 0 spiro atoms. The summed E-state index contributed by atoms with van der Waals surface area (Å²) in [4.78, 5) is 16.4. The Morgan fingerprint density at radius 3 is 2.84 bits per heavy atom. The summed E-state index contributed by atoms with van der Waals surface area (Å²) in [6.07, 6.45) is 9.42. The Morgan fingerprint density at radius 1 is 1.32 bits per heavy atom. The lowest BCUT2D eigenvalue weighted by molar-refractivity contribution is 0.414. The molecule has 19 heavy (non-hydrogen) atoms. The van der Waals surface area contributed by atoms with Crippen LogP contribution in [0.5, 0.6) is 0 Å². The molecule has 0 amide bonds. The molecule has 0 aromatic carbocycles. The Labute approximate surface area is 113 Å². The van der Waals surface area contributed by atoms with E-state index in [2.05, 4.69) is 10.3 Å². The maximum absolute atomic E-state index is 12.2. The largest absolute Gasteiger partial charge is 0.365 e. The molecule has 5 heteroatoms. The molecule has 5 nitrogen and oxygen atoms in total. The highest BCUT2D eigenvalue weighted by Gasteiger charge is 2.27. The summed E-state index contributed by atoms with van der Waals surface area (Å²) in [6.45, 7) is 1.57. The van der Waals surface area contributed by atoms with Gasteiger partial charge in [-0.25, -0.2) is 4.98 Å². The van der Waals surface area contributed by atoms with Crippen molar-refractivity contribution >= 4 is 5.82 Å². The number of hydrogen-bond donors (Lipinski definition) is 2. The molecule has 104 valence electrons. The highest BCUT2D eigenvalue weighted by molar-refractivity contribution is 5.31. The van der Waals surface area contributed by atoms with Gasteiger partial charge >= 0.3 is 0 Å². The third-order valence-corrected chi connectivity index (χ3v) is 4.46. The minimum absolute atomic E-state index is 0.0206. The van der Waals surface area contributed by atoms with Crippen LogP contribution in [0.15, 0.2) is 17.2 Å². The number of nitrogens with one attached hydrogen (secondary N) is 1. The Balaban J connectivity index is 1.66. The van der Waals surface area contributed by atoms with Gasteiger partial charge in [-0.3, -0.25) is 4.79 Å². The monoisotopic (exact) mass is 262 g/mol. The number of nitrogens with zero attached hydrogens (tertiary/aromatic N) is 2. The van der Waals surface area contributed by atoms with E-state index < -0.39 is 0 Å². The van der Waals surface area contributed by atoms with Crippen LogP contribution in [-0.2, 0) is 0 Å². The van der Waals surface area contributed by atoms with Crippen molar-refractivity contribution in [3.8, 4) is 0 Å². The molecular weight excluding hydrogens is 240 g/mol. The molecule has 2 aliphatic rings. The summed E-state index contributed by atoms with van der Waals surface area (Å²) in [5, 5.41) is 3.24. The molecule has 0 bridgehead atoms. The van der Waals surface area contributed by atoms with E-state index in [9.17, 15) is 4.79 Å². The third-order valence-electron chi connectivity index (χ3n) is 4.46. The lowest BCUT2D eigenvalue weighted by Crippen LogP contribution is -2.28. The molecule has 3 N–H and O–H groups in total. The van der Waals surface area contributed by atoms with Gasteiger partial charge in [-0.1, -0.05) is 6.42 Å². The summed E-state index contributed by atoms with van der Waals surface area (Å²) >= 11 is 0. The molecule has 3 rings (SSSR count). The zero-order valence-corrected chi connectivity index (χ0v) is 11.2. The lowest BCUT2D eigenvalue weighted by atomic mass is 9.96. The van der Waals surface area contributed by atoms with Gasteiger partial charge in [-0.05, 0) is 44.1 Å². The van der Waals surface area contributed by atoms with Crippen LogP contribution in [0.1, 0.15) is 38.1 Å². The van der Waals surface area contributed by atoms with E-state index >= 15 is 0 Å². The van der Waals surface area contributed by atoms with Crippen molar-refractivity contribution < 1.29 is 0 Å². The van der Waals surface area contributed by atoms with E-state index in [0.717, 1.165) is 25.9 Å². The van der Waals surface area contributed by atoms with Crippen molar-refractivity contribution in [1.82, 2.24) is 9.55 Å². The van der Waals surface area contributed by atoms with Crippen LogP contribution in [-0.4, -0.2) is 22.6 Å². The van der Waals surface area contributed by atoms with Gasteiger partial charge in [-0.2, -0.15) is 0 Å². The van der Waals surface area contributed by atoms with Gasteiger partial charge in [0, 0.05) is 25.0 Å². The van der Waals surface area contributed by atoms with Gasteiger partial charge in [0.1, 0.15) is 0 Å². The number of hydrogen-bond acceptors (Lipinski definition) is 4. The normalized spacial score (nSPS) is 26.6. The van der Waals surface area contributed by atoms with E-state index in [-0.39, 0.29) is 5.56 Å². The van der Waals surface area contributed by atoms with E-state index in [4.69, 9.17) is 5.73 Å². The maximum Gasteiger partial charge on any atom is 0.293 e. The van der Waals surface area contributed by atoms with Crippen LogP contribution in [0.3, 0.4) is 0 Å². The molecule has 1 aromatic heterocycles. The first-order chi connectivity index (χ1) is 9.29. The van der Waals surface area contributed by atoms with E-state index in [1.165, 1.54) is 19.3 Å². The number of aromatic nitrogens is 2. The molecule has 0 radical (unpaired) electrons. The minimum Gasteiger partial charge on any atom is -0.365 e. The first-order valence-corrected chi connectivity index (χ1v) is 7.30. The number of anilines is 1. The zero-order chi connectivity index (χ0) is 13.2. The van der Waals surface area contributed by atoms with Gasteiger partial charge in [0.15, 0.2) is 5.82 Å². The standard InChI is InChI=1S/C14H22N4O/c15-8-10-2-1-3-11(10)9-17-13-14(19)18(7-6-16-13)12-4-5-12/h6-7,10-12H,1-5,8-9,15H2,(H,16,17).